The van der Waals surface area contributed by atoms with E-state index in [1.54, 1.807) is 0 Å². The third-order valence-corrected chi connectivity index (χ3v) is 6.30. The number of rotatable bonds is 7. The summed E-state index contributed by atoms with van der Waals surface area (Å²) in [7, 11) is 0. The molecule has 5 heteroatoms. The minimum absolute atomic E-state index is 0.131. The molecule has 1 saturated heterocycles. The van der Waals surface area contributed by atoms with Crippen molar-refractivity contribution in [3.8, 4) is 0 Å². The van der Waals surface area contributed by atoms with E-state index in [9.17, 15) is 9.59 Å². The van der Waals surface area contributed by atoms with Crippen molar-refractivity contribution in [2.75, 3.05) is 5.32 Å². The molecule has 1 unspecified atom stereocenters. The zero-order valence-corrected chi connectivity index (χ0v) is 19.6. The molecule has 0 bridgehead atoms. The number of ether oxygens (including phenoxy) is 2. The summed E-state index contributed by atoms with van der Waals surface area (Å²) >= 11 is 0. The molecule has 172 valence electrons. The summed E-state index contributed by atoms with van der Waals surface area (Å²) in [5.74, 6) is 0.404. The maximum absolute atomic E-state index is 13.6. The first-order chi connectivity index (χ1) is 15.2. The number of carbonyl (C=O) groups is 2. The smallest absolute Gasteiger partial charge is 0.302 e. The van der Waals surface area contributed by atoms with E-state index >= 15 is 0 Å². The van der Waals surface area contributed by atoms with E-state index in [1.165, 1.54) is 18.1 Å². The van der Waals surface area contributed by atoms with Gasteiger partial charge >= 0.3 is 5.97 Å². The molecule has 0 radical (unpaired) electrons. The predicted molar refractivity (Wildman–Crippen MR) is 127 cm³/mol. The number of anilines is 1. The third-order valence-electron chi connectivity index (χ3n) is 6.30. The second-order valence-corrected chi connectivity index (χ2v) is 9.34. The van der Waals surface area contributed by atoms with Crippen molar-refractivity contribution in [1.82, 2.24) is 0 Å². The molecule has 1 saturated carbocycles. The maximum Gasteiger partial charge on any atom is 0.302 e. The number of hydrogen-bond acceptors (Lipinski definition) is 5. The van der Waals surface area contributed by atoms with E-state index in [0.29, 0.717) is 18.6 Å². The molecule has 2 aliphatic rings. The Morgan fingerprint density at radius 1 is 1.25 bits per heavy atom. The van der Waals surface area contributed by atoms with Crippen molar-refractivity contribution < 1.29 is 19.1 Å². The molecule has 3 rings (SSSR count). The van der Waals surface area contributed by atoms with Crippen LogP contribution >= 0.6 is 0 Å². The largest absolute Gasteiger partial charge is 0.490 e. The van der Waals surface area contributed by atoms with Gasteiger partial charge in [-0.05, 0) is 51.8 Å². The zero-order chi connectivity index (χ0) is 23.3. The highest BCUT2D eigenvalue weighted by Crippen LogP contribution is 2.50. The van der Waals surface area contributed by atoms with Gasteiger partial charge in [-0.1, -0.05) is 42.0 Å². The Morgan fingerprint density at radius 3 is 2.62 bits per heavy atom. The Kier molecular flexibility index (Phi) is 7.60. The number of ketones is 1. The van der Waals surface area contributed by atoms with Gasteiger partial charge in [0.25, 0.3) is 0 Å². The fourth-order valence-electron chi connectivity index (χ4n) is 4.73. The monoisotopic (exact) mass is 437 g/mol. The van der Waals surface area contributed by atoms with Crippen molar-refractivity contribution in [3.05, 3.63) is 66.0 Å². The van der Waals surface area contributed by atoms with E-state index in [4.69, 9.17) is 9.47 Å². The topological polar surface area (TPSA) is 64.6 Å². The molecule has 0 amide bonds. The highest BCUT2D eigenvalue weighted by Gasteiger charge is 2.57. The molecule has 4 atom stereocenters. The van der Waals surface area contributed by atoms with E-state index in [-0.39, 0.29) is 30.3 Å². The van der Waals surface area contributed by atoms with Crippen molar-refractivity contribution in [3.63, 3.8) is 0 Å². The molecule has 1 aliphatic carbocycles. The normalized spacial score (nSPS) is 27.8. The number of allylic oxidation sites excluding steroid dienone is 4. The Morgan fingerprint density at radius 2 is 1.97 bits per heavy atom. The van der Waals surface area contributed by atoms with Gasteiger partial charge in [0.2, 0.25) is 0 Å². The average Bonchev–Trinajstić information content (AvgIpc) is 3.01. The Balaban J connectivity index is 1.84. The number of esters is 1. The van der Waals surface area contributed by atoms with Crippen LogP contribution in [0.1, 0.15) is 59.8 Å². The summed E-state index contributed by atoms with van der Waals surface area (Å²) in [6.45, 7) is 11.7. The molecule has 1 spiro atoms. The number of Topliss-reactive ketones (excluding diaryl/α,β-unsaturated/α-hetero) is 1. The van der Waals surface area contributed by atoms with Crippen molar-refractivity contribution in [2.45, 2.75) is 78.0 Å². The van der Waals surface area contributed by atoms with Crippen LogP contribution in [-0.2, 0) is 19.1 Å². The van der Waals surface area contributed by atoms with Crippen LogP contribution < -0.4 is 5.32 Å². The van der Waals surface area contributed by atoms with Crippen LogP contribution in [0.4, 0.5) is 5.69 Å². The first-order valence-electron chi connectivity index (χ1n) is 11.4. The quantitative estimate of drug-likeness (QED) is 0.435. The van der Waals surface area contributed by atoms with Gasteiger partial charge < -0.3 is 14.8 Å². The molecule has 1 N–H and O–H groups in total. The van der Waals surface area contributed by atoms with Crippen LogP contribution in [0.15, 0.2) is 66.0 Å². The molecule has 1 aromatic carbocycles. The van der Waals surface area contributed by atoms with Gasteiger partial charge in [-0.15, -0.1) is 0 Å². The highest BCUT2D eigenvalue weighted by molar-refractivity contribution is 5.89. The molecule has 2 fully saturated rings. The van der Waals surface area contributed by atoms with Crippen LogP contribution in [0, 0.1) is 5.41 Å². The van der Waals surface area contributed by atoms with Gasteiger partial charge in [0, 0.05) is 31.9 Å². The van der Waals surface area contributed by atoms with Crippen LogP contribution in [0.25, 0.3) is 0 Å². The average molecular weight is 438 g/mol. The van der Waals surface area contributed by atoms with E-state index in [2.05, 4.69) is 44.8 Å². The number of para-hydroxylation sites is 1. The van der Waals surface area contributed by atoms with Gasteiger partial charge in [-0.25, -0.2) is 0 Å². The van der Waals surface area contributed by atoms with Gasteiger partial charge in [-0.3, -0.25) is 9.59 Å². The Hall–Kier alpha value is -2.82. The van der Waals surface area contributed by atoms with Crippen LogP contribution in [-0.4, -0.2) is 30.0 Å². The zero-order valence-electron chi connectivity index (χ0n) is 19.6. The lowest BCUT2D eigenvalue weighted by Crippen LogP contribution is -2.53. The maximum atomic E-state index is 13.6. The van der Waals surface area contributed by atoms with Crippen molar-refractivity contribution in [2.24, 2.45) is 5.41 Å². The molecular weight excluding hydrogens is 402 g/mol. The summed E-state index contributed by atoms with van der Waals surface area (Å²) in [5, 5.41) is 3.40. The Bertz CT molecular complexity index is 913. The van der Waals surface area contributed by atoms with Gasteiger partial charge in [0.15, 0.2) is 0 Å². The molecule has 32 heavy (non-hydrogen) atoms. The lowest BCUT2D eigenvalue weighted by molar-refractivity contribution is -0.156. The fraction of sp³-hybridized carbons (Fsp3) is 0.481. The molecule has 0 aromatic heterocycles. The predicted octanol–water partition coefficient (Wildman–Crippen LogP) is 5.74. The van der Waals surface area contributed by atoms with Crippen molar-refractivity contribution >= 4 is 17.4 Å². The summed E-state index contributed by atoms with van der Waals surface area (Å²) in [4.78, 5) is 25.4. The van der Waals surface area contributed by atoms with Crippen LogP contribution in [0.3, 0.4) is 0 Å². The summed E-state index contributed by atoms with van der Waals surface area (Å²) < 4.78 is 11.8. The second kappa shape index (κ2) is 10.2. The van der Waals surface area contributed by atoms with E-state index in [1.807, 2.05) is 30.3 Å². The lowest BCUT2D eigenvalue weighted by Gasteiger charge is -2.42. The van der Waals surface area contributed by atoms with Gasteiger partial charge in [0.05, 0.1) is 17.2 Å². The molecule has 1 aromatic rings. The van der Waals surface area contributed by atoms with E-state index in [0.717, 1.165) is 18.5 Å². The number of carbonyl (C=O) groups excluding carboxylic acids is 2. The summed E-state index contributed by atoms with van der Waals surface area (Å²) in [6.07, 6.45) is 6.48. The standard InChI is InChI=1S/C27H35NO4/c1-18(2)10-9-11-19(3)14-26-27(16-20(4)31-26)17-24(32-21(5)29)23(15-25(27)30)28-22-12-7-6-8-13-22/h6-8,10,12-14,23-24,26,28H,4,9,11,15-17H2,1-3,5H3/b19-14+/t23-,24-,26+,27?/m0/s1. The lowest BCUT2D eigenvalue weighted by atomic mass is 9.65. The molecule has 5 nitrogen and oxygen atoms in total. The van der Waals surface area contributed by atoms with Crippen molar-refractivity contribution in [1.29, 1.82) is 0 Å². The number of hydrogen-bond donors (Lipinski definition) is 1. The third kappa shape index (κ3) is 5.70. The molecule has 1 heterocycles. The number of benzene rings is 1. The van der Waals surface area contributed by atoms with Crippen LogP contribution in [0.5, 0.6) is 0 Å². The molecular formula is C27H35NO4. The minimum Gasteiger partial charge on any atom is -0.490 e. The Labute approximate surface area is 191 Å². The highest BCUT2D eigenvalue weighted by atomic mass is 16.5. The fourth-order valence-corrected chi connectivity index (χ4v) is 4.73. The second-order valence-electron chi connectivity index (χ2n) is 9.34. The van der Waals surface area contributed by atoms with E-state index < -0.39 is 11.5 Å². The van der Waals surface area contributed by atoms with Gasteiger partial charge in [-0.2, -0.15) is 0 Å². The summed E-state index contributed by atoms with van der Waals surface area (Å²) in [6, 6.07) is 9.42. The minimum atomic E-state index is -0.746. The number of nitrogens with one attached hydrogen (secondary N) is 1. The first kappa shape index (κ1) is 23.8. The summed E-state index contributed by atoms with van der Waals surface area (Å²) in [5.41, 5.74) is 2.63. The van der Waals surface area contributed by atoms with Crippen LogP contribution in [0.2, 0.25) is 0 Å². The van der Waals surface area contributed by atoms with Gasteiger partial charge in [0.1, 0.15) is 18.0 Å². The SMILES string of the molecule is C=C1CC2(C[C@H](OC(C)=O)[C@@H](Nc3ccccc3)CC2=O)[C@@H](/C=C(\C)CCC=C(C)C)O1. The molecule has 1 aliphatic heterocycles. The first-order valence-corrected chi connectivity index (χ1v) is 11.4.